The number of hydrogen-bond donors (Lipinski definition) is 1. The summed E-state index contributed by atoms with van der Waals surface area (Å²) in [6.45, 7) is 5.81. The fourth-order valence-electron chi connectivity index (χ4n) is 1.53. The molecule has 0 spiro atoms. The lowest BCUT2D eigenvalue weighted by atomic mass is 10.0. The Morgan fingerprint density at radius 2 is 1.56 bits per heavy atom. The number of hydrogen-bond acceptors (Lipinski definition) is 5. The fraction of sp³-hybridized carbons (Fsp3) is 0.909. The molecule has 0 amide bonds. The van der Waals surface area contributed by atoms with Crippen LogP contribution in [0.4, 0.5) is 0 Å². The lowest BCUT2D eigenvalue weighted by Gasteiger charge is -2.28. The minimum Gasteiger partial charge on any atom is -0.468 e. The smallest absolute Gasteiger partial charge is 0.323 e. The van der Waals surface area contributed by atoms with Crippen molar-refractivity contribution in [2.45, 2.75) is 39.1 Å². The predicted molar refractivity (Wildman–Crippen MR) is 61.0 cm³/mol. The summed E-state index contributed by atoms with van der Waals surface area (Å²) in [6.07, 6.45) is -0.383. The Kier molecular flexibility index (Phi) is 7.29. The molecule has 0 fully saturated rings. The van der Waals surface area contributed by atoms with Crippen molar-refractivity contribution in [3.05, 3.63) is 0 Å². The topological polar surface area (TPSA) is 56.8 Å². The molecule has 5 heteroatoms. The van der Waals surface area contributed by atoms with Crippen molar-refractivity contribution in [3.8, 4) is 0 Å². The molecule has 0 aromatic heterocycles. The molecule has 1 unspecified atom stereocenters. The quantitative estimate of drug-likeness (QED) is 0.520. The van der Waals surface area contributed by atoms with Crippen molar-refractivity contribution >= 4 is 5.97 Å². The van der Waals surface area contributed by atoms with E-state index in [1.54, 1.807) is 14.2 Å². The molecule has 16 heavy (non-hydrogen) atoms. The molecule has 0 aliphatic heterocycles. The van der Waals surface area contributed by atoms with E-state index in [0.29, 0.717) is 0 Å². The summed E-state index contributed by atoms with van der Waals surface area (Å²) in [5, 5.41) is 3.14. The van der Waals surface area contributed by atoms with Gasteiger partial charge in [-0.3, -0.25) is 10.1 Å². The SMILES string of the molecule is COC(=O)[C@@H](NC(C)C(OC)OC)C(C)C. The van der Waals surface area contributed by atoms with E-state index in [-0.39, 0.29) is 30.3 Å². The minimum absolute atomic E-state index is 0.0958. The van der Waals surface area contributed by atoms with Gasteiger partial charge in [-0.1, -0.05) is 13.8 Å². The van der Waals surface area contributed by atoms with Crippen molar-refractivity contribution in [1.29, 1.82) is 0 Å². The van der Waals surface area contributed by atoms with Gasteiger partial charge in [0, 0.05) is 14.2 Å². The summed E-state index contributed by atoms with van der Waals surface area (Å²) in [4.78, 5) is 11.5. The second-order valence-electron chi connectivity index (χ2n) is 4.04. The second-order valence-corrected chi connectivity index (χ2v) is 4.04. The molecule has 0 saturated carbocycles. The largest absolute Gasteiger partial charge is 0.468 e. The third-order valence-electron chi connectivity index (χ3n) is 2.44. The molecule has 0 aromatic rings. The molecule has 2 atom stereocenters. The zero-order chi connectivity index (χ0) is 12.7. The van der Waals surface area contributed by atoms with E-state index in [0.717, 1.165) is 0 Å². The predicted octanol–water partition coefficient (Wildman–Crippen LogP) is 0.781. The van der Waals surface area contributed by atoms with Crippen LogP contribution in [0.5, 0.6) is 0 Å². The molecule has 5 nitrogen and oxygen atoms in total. The molecule has 0 aliphatic carbocycles. The minimum atomic E-state index is -0.383. The average Bonchev–Trinajstić information content (AvgIpc) is 2.26. The van der Waals surface area contributed by atoms with E-state index in [4.69, 9.17) is 14.2 Å². The number of nitrogens with one attached hydrogen (secondary N) is 1. The van der Waals surface area contributed by atoms with Crippen molar-refractivity contribution < 1.29 is 19.0 Å². The number of rotatable bonds is 7. The Hall–Kier alpha value is -0.650. The van der Waals surface area contributed by atoms with Crippen LogP contribution in [0, 0.1) is 5.92 Å². The van der Waals surface area contributed by atoms with Crippen LogP contribution in [0.2, 0.25) is 0 Å². The van der Waals surface area contributed by atoms with Crippen molar-refractivity contribution in [2.75, 3.05) is 21.3 Å². The molecule has 1 N–H and O–H groups in total. The average molecular weight is 233 g/mol. The first-order chi connectivity index (χ1) is 7.47. The van der Waals surface area contributed by atoms with Crippen LogP contribution in [0.25, 0.3) is 0 Å². The Morgan fingerprint density at radius 3 is 1.88 bits per heavy atom. The Morgan fingerprint density at radius 1 is 1.06 bits per heavy atom. The maximum atomic E-state index is 11.5. The first kappa shape index (κ1) is 15.3. The molecular weight excluding hydrogens is 210 g/mol. The number of carbonyl (C=O) groups is 1. The standard InChI is InChI=1S/C11H23NO4/c1-7(2)9(10(13)14-4)12-8(3)11(15-5)16-6/h7-9,11-12H,1-6H3/t8?,9-/m0/s1. The normalized spacial score (nSPS) is 15.2. The molecule has 0 bridgehead atoms. The van der Waals surface area contributed by atoms with Gasteiger partial charge in [0.05, 0.1) is 13.2 Å². The van der Waals surface area contributed by atoms with Gasteiger partial charge in [0.1, 0.15) is 6.04 Å². The highest BCUT2D eigenvalue weighted by atomic mass is 16.7. The fourth-order valence-corrected chi connectivity index (χ4v) is 1.53. The van der Waals surface area contributed by atoms with Crippen LogP contribution in [0.15, 0.2) is 0 Å². The summed E-state index contributed by atoms with van der Waals surface area (Å²) in [7, 11) is 4.51. The Labute approximate surface area is 97.4 Å². The number of ether oxygens (including phenoxy) is 3. The first-order valence-electron chi connectivity index (χ1n) is 5.37. The molecular formula is C11H23NO4. The van der Waals surface area contributed by atoms with E-state index >= 15 is 0 Å². The molecule has 0 aromatic carbocycles. The van der Waals surface area contributed by atoms with Crippen LogP contribution < -0.4 is 5.32 Å². The van der Waals surface area contributed by atoms with E-state index < -0.39 is 0 Å². The summed E-state index contributed by atoms with van der Waals surface area (Å²) < 4.78 is 15.0. The summed E-state index contributed by atoms with van der Waals surface area (Å²) in [5.41, 5.74) is 0. The summed E-state index contributed by atoms with van der Waals surface area (Å²) in [5.74, 6) is -0.128. The molecule has 0 rings (SSSR count). The van der Waals surface area contributed by atoms with Gasteiger partial charge in [0.2, 0.25) is 0 Å². The van der Waals surface area contributed by atoms with E-state index in [9.17, 15) is 4.79 Å². The highest BCUT2D eigenvalue weighted by Crippen LogP contribution is 2.07. The molecule has 0 aliphatic rings. The zero-order valence-electron chi connectivity index (χ0n) is 10.9. The maximum Gasteiger partial charge on any atom is 0.323 e. The number of esters is 1. The van der Waals surface area contributed by atoms with Crippen LogP contribution in [-0.4, -0.2) is 45.7 Å². The lowest BCUT2D eigenvalue weighted by Crippen LogP contribution is -2.51. The number of methoxy groups -OCH3 is 3. The van der Waals surface area contributed by atoms with Crippen LogP contribution in [-0.2, 0) is 19.0 Å². The first-order valence-corrected chi connectivity index (χ1v) is 5.37. The van der Waals surface area contributed by atoms with E-state index in [1.165, 1.54) is 7.11 Å². The molecule has 96 valence electrons. The maximum absolute atomic E-state index is 11.5. The van der Waals surface area contributed by atoms with Crippen LogP contribution in [0.1, 0.15) is 20.8 Å². The lowest BCUT2D eigenvalue weighted by molar-refractivity contribution is -0.148. The van der Waals surface area contributed by atoms with Crippen molar-refractivity contribution in [2.24, 2.45) is 5.92 Å². The highest BCUT2D eigenvalue weighted by Gasteiger charge is 2.27. The van der Waals surface area contributed by atoms with Crippen LogP contribution >= 0.6 is 0 Å². The molecule has 0 radical (unpaired) electrons. The van der Waals surface area contributed by atoms with Crippen LogP contribution in [0.3, 0.4) is 0 Å². The summed E-state index contributed by atoms with van der Waals surface area (Å²) in [6, 6.07) is -0.450. The summed E-state index contributed by atoms with van der Waals surface area (Å²) >= 11 is 0. The molecule has 0 heterocycles. The van der Waals surface area contributed by atoms with Gasteiger partial charge in [0.25, 0.3) is 0 Å². The van der Waals surface area contributed by atoms with E-state index in [2.05, 4.69) is 5.32 Å². The third-order valence-corrected chi connectivity index (χ3v) is 2.44. The van der Waals surface area contributed by atoms with E-state index in [1.807, 2.05) is 20.8 Å². The Balaban J connectivity index is 4.44. The van der Waals surface area contributed by atoms with Gasteiger partial charge < -0.3 is 14.2 Å². The molecule has 0 saturated heterocycles. The zero-order valence-corrected chi connectivity index (χ0v) is 10.9. The van der Waals surface area contributed by atoms with Gasteiger partial charge in [-0.25, -0.2) is 0 Å². The van der Waals surface area contributed by atoms with Gasteiger partial charge in [-0.05, 0) is 12.8 Å². The van der Waals surface area contributed by atoms with Gasteiger partial charge >= 0.3 is 5.97 Å². The number of carbonyl (C=O) groups excluding carboxylic acids is 1. The highest BCUT2D eigenvalue weighted by molar-refractivity contribution is 5.75. The monoisotopic (exact) mass is 233 g/mol. The van der Waals surface area contributed by atoms with Gasteiger partial charge in [0.15, 0.2) is 6.29 Å². The third kappa shape index (κ3) is 4.47. The van der Waals surface area contributed by atoms with Gasteiger partial charge in [-0.15, -0.1) is 0 Å². The van der Waals surface area contributed by atoms with Gasteiger partial charge in [-0.2, -0.15) is 0 Å². The van der Waals surface area contributed by atoms with Crippen molar-refractivity contribution in [3.63, 3.8) is 0 Å². The Bertz CT molecular complexity index is 204. The second kappa shape index (κ2) is 7.60. The van der Waals surface area contributed by atoms with Crippen molar-refractivity contribution in [1.82, 2.24) is 5.32 Å².